The first-order chi connectivity index (χ1) is 13.3. The molecule has 6 nitrogen and oxygen atoms in total. The number of guanidine groups is 1. The van der Waals surface area contributed by atoms with E-state index in [1.54, 1.807) is 38.6 Å². The van der Waals surface area contributed by atoms with E-state index in [9.17, 15) is 4.39 Å². The smallest absolute Gasteiger partial charge is 0.191 e. The molecule has 0 saturated carbocycles. The largest absolute Gasteiger partial charge is 0.453 e. The second-order valence-corrected chi connectivity index (χ2v) is 7.45. The van der Waals surface area contributed by atoms with Crippen molar-refractivity contribution in [1.82, 2.24) is 15.6 Å². The Kier molecular flexibility index (Phi) is 7.75. The summed E-state index contributed by atoms with van der Waals surface area (Å²) in [6.07, 6.45) is 3.21. The van der Waals surface area contributed by atoms with Gasteiger partial charge in [0, 0.05) is 33.4 Å². The van der Waals surface area contributed by atoms with Gasteiger partial charge in [0.15, 0.2) is 17.5 Å². The van der Waals surface area contributed by atoms with Crippen molar-refractivity contribution >= 4 is 5.96 Å². The van der Waals surface area contributed by atoms with Gasteiger partial charge in [0.05, 0.1) is 12.3 Å². The van der Waals surface area contributed by atoms with E-state index in [0.29, 0.717) is 24.8 Å². The lowest BCUT2D eigenvalue weighted by molar-refractivity contribution is 0.0205. The van der Waals surface area contributed by atoms with Gasteiger partial charge in [-0.2, -0.15) is 0 Å². The van der Waals surface area contributed by atoms with Crippen molar-refractivity contribution in [3.63, 3.8) is 0 Å². The Morgan fingerprint density at radius 1 is 1.25 bits per heavy atom. The fraction of sp³-hybridized carbons (Fsp3) is 0.429. The van der Waals surface area contributed by atoms with Crippen molar-refractivity contribution in [3.8, 4) is 11.5 Å². The van der Waals surface area contributed by atoms with Crippen LogP contribution in [0.2, 0.25) is 0 Å². The minimum Gasteiger partial charge on any atom is -0.453 e. The van der Waals surface area contributed by atoms with Gasteiger partial charge in [0.1, 0.15) is 5.75 Å². The Morgan fingerprint density at radius 3 is 2.61 bits per heavy atom. The summed E-state index contributed by atoms with van der Waals surface area (Å²) in [6, 6.07) is 8.32. The van der Waals surface area contributed by atoms with Crippen LogP contribution < -0.4 is 15.4 Å². The van der Waals surface area contributed by atoms with Crippen molar-refractivity contribution in [2.45, 2.75) is 33.4 Å². The number of ether oxygens (including phenoxy) is 2. The number of nitrogens with one attached hydrogen (secondary N) is 2. The lowest BCUT2D eigenvalue weighted by Crippen LogP contribution is -2.45. The third-order valence-corrected chi connectivity index (χ3v) is 4.25. The molecule has 2 aromatic rings. The van der Waals surface area contributed by atoms with E-state index < -0.39 is 5.82 Å². The maximum atomic E-state index is 14.3. The molecule has 0 aliphatic carbocycles. The molecule has 0 spiro atoms. The first kappa shape index (κ1) is 21.6. The first-order valence-corrected chi connectivity index (χ1v) is 9.17. The Labute approximate surface area is 166 Å². The number of methoxy groups -OCH3 is 1. The number of halogens is 1. The van der Waals surface area contributed by atoms with Gasteiger partial charge in [-0.05, 0) is 35.2 Å². The number of aliphatic imine (C=N–C) groups is 1. The summed E-state index contributed by atoms with van der Waals surface area (Å²) in [4.78, 5) is 8.15. The van der Waals surface area contributed by atoms with Crippen LogP contribution in [0, 0.1) is 11.2 Å². The van der Waals surface area contributed by atoms with Crippen molar-refractivity contribution < 1.29 is 13.9 Å². The van der Waals surface area contributed by atoms with Gasteiger partial charge in [-0.15, -0.1) is 0 Å². The van der Waals surface area contributed by atoms with Crippen LogP contribution in [0.1, 0.15) is 26.3 Å². The maximum Gasteiger partial charge on any atom is 0.191 e. The van der Waals surface area contributed by atoms with Gasteiger partial charge < -0.3 is 20.1 Å². The van der Waals surface area contributed by atoms with Gasteiger partial charge in [-0.3, -0.25) is 9.98 Å². The van der Waals surface area contributed by atoms with Crippen molar-refractivity contribution in [2.24, 2.45) is 10.4 Å². The van der Waals surface area contributed by atoms with Gasteiger partial charge in [0.25, 0.3) is 0 Å². The second-order valence-electron chi connectivity index (χ2n) is 7.45. The Hall–Kier alpha value is -2.67. The molecule has 0 amide bonds. The lowest BCUT2D eigenvalue weighted by atomic mass is 9.89. The molecule has 2 rings (SSSR count). The van der Waals surface area contributed by atoms with Crippen LogP contribution in [-0.4, -0.2) is 37.7 Å². The predicted octanol–water partition coefficient (Wildman–Crippen LogP) is 3.74. The minimum atomic E-state index is -0.432. The summed E-state index contributed by atoms with van der Waals surface area (Å²) in [6.45, 7) is 7.41. The summed E-state index contributed by atoms with van der Waals surface area (Å²) >= 11 is 0. The van der Waals surface area contributed by atoms with Gasteiger partial charge in [-0.1, -0.05) is 26.8 Å². The number of pyridine rings is 1. The molecule has 1 heterocycles. The van der Waals surface area contributed by atoms with Crippen LogP contribution in [0.15, 0.2) is 47.7 Å². The molecule has 0 aliphatic rings. The summed E-state index contributed by atoms with van der Waals surface area (Å²) in [5, 5.41) is 6.42. The average molecular weight is 388 g/mol. The van der Waals surface area contributed by atoms with Crippen LogP contribution in [-0.2, 0) is 11.3 Å². The van der Waals surface area contributed by atoms with Gasteiger partial charge in [-0.25, -0.2) is 4.39 Å². The molecule has 0 aliphatic heterocycles. The van der Waals surface area contributed by atoms with Crippen molar-refractivity contribution in [3.05, 3.63) is 54.1 Å². The van der Waals surface area contributed by atoms with Gasteiger partial charge >= 0.3 is 0 Å². The highest BCUT2D eigenvalue weighted by Crippen LogP contribution is 2.24. The van der Waals surface area contributed by atoms with Crippen LogP contribution >= 0.6 is 0 Å². The summed E-state index contributed by atoms with van der Waals surface area (Å²) < 4.78 is 25.4. The van der Waals surface area contributed by atoms with Crippen molar-refractivity contribution in [2.75, 3.05) is 20.7 Å². The minimum absolute atomic E-state index is 0.00777. The second kappa shape index (κ2) is 10.0. The highest BCUT2D eigenvalue weighted by atomic mass is 19.1. The molecule has 0 bridgehead atoms. The third kappa shape index (κ3) is 6.49. The lowest BCUT2D eigenvalue weighted by Gasteiger charge is -2.30. The van der Waals surface area contributed by atoms with E-state index in [1.165, 1.54) is 12.3 Å². The molecule has 0 radical (unpaired) electrons. The van der Waals surface area contributed by atoms with E-state index >= 15 is 0 Å². The van der Waals surface area contributed by atoms with Crippen molar-refractivity contribution in [1.29, 1.82) is 0 Å². The molecule has 152 valence electrons. The molecule has 28 heavy (non-hydrogen) atoms. The zero-order valence-corrected chi connectivity index (χ0v) is 17.1. The first-order valence-electron chi connectivity index (χ1n) is 9.17. The van der Waals surface area contributed by atoms with Gasteiger partial charge in [0.2, 0.25) is 0 Å². The molecule has 1 aromatic heterocycles. The molecule has 1 unspecified atom stereocenters. The maximum absolute atomic E-state index is 14.3. The zero-order chi connectivity index (χ0) is 20.6. The van der Waals surface area contributed by atoms with E-state index in [1.807, 2.05) is 6.07 Å². The van der Waals surface area contributed by atoms with E-state index in [0.717, 1.165) is 5.56 Å². The number of hydrogen-bond acceptors (Lipinski definition) is 4. The molecular weight excluding hydrogens is 359 g/mol. The third-order valence-electron chi connectivity index (χ3n) is 4.25. The van der Waals surface area contributed by atoms with Crippen LogP contribution in [0.5, 0.6) is 11.5 Å². The fourth-order valence-electron chi connectivity index (χ4n) is 2.61. The Bertz CT molecular complexity index is 776. The van der Waals surface area contributed by atoms with Crippen LogP contribution in [0.4, 0.5) is 4.39 Å². The zero-order valence-electron chi connectivity index (χ0n) is 17.1. The summed E-state index contributed by atoms with van der Waals surface area (Å²) in [5.74, 6) is 0.844. The summed E-state index contributed by atoms with van der Waals surface area (Å²) in [7, 11) is 3.39. The topological polar surface area (TPSA) is 67.8 Å². The fourth-order valence-corrected chi connectivity index (χ4v) is 2.61. The predicted molar refractivity (Wildman–Crippen MR) is 109 cm³/mol. The highest BCUT2D eigenvalue weighted by Gasteiger charge is 2.24. The highest BCUT2D eigenvalue weighted by molar-refractivity contribution is 5.79. The number of rotatable bonds is 7. The standard InChI is InChI=1S/C21H29FN4O2/c1-21(2,3)19(27-5)14-26-20(23-4)25-12-15-8-9-18(17(22)11-15)28-16-7-6-10-24-13-16/h6-11,13,19H,12,14H2,1-5H3,(H2,23,25,26). The molecule has 7 heteroatoms. The Balaban J connectivity index is 1.91. The molecule has 1 aromatic carbocycles. The number of benzene rings is 1. The molecule has 0 fully saturated rings. The quantitative estimate of drug-likeness (QED) is 0.559. The summed E-state index contributed by atoms with van der Waals surface area (Å²) in [5.41, 5.74) is 0.784. The monoisotopic (exact) mass is 388 g/mol. The van der Waals surface area contributed by atoms with Crippen LogP contribution in [0.3, 0.4) is 0 Å². The molecule has 0 saturated heterocycles. The Morgan fingerprint density at radius 2 is 2.04 bits per heavy atom. The number of aromatic nitrogens is 1. The SMILES string of the molecule is CN=C(NCc1ccc(Oc2cccnc2)c(F)c1)NCC(OC)C(C)(C)C. The molecule has 1 atom stereocenters. The van der Waals surface area contributed by atoms with Crippen LogP contribution in [0.25, 0.3) is 0 Å². The normalized spacial score (nSPS) is 13.1. The van der Waals surface area contributed by atoms with E-state index in [4.69, 9.17) is 9.47 Å². The number of nitrogens with zero attached hydrogens (tertiary/aromatic N) is 2. The average Bonchev–Trinajstić information content (AvgIpc) is 2.66. The van der Waals surface area contributed by atoms with E-state index in [2.05, 4.69) is 41.4 Å². The molecule has 2 N–H and O–H groups in total. The number of hydrogen-bond donors (Lipinski definition) is 2. The molecular formula is C21H29FN4O2. The van der Waals surface area contributed by atoms with E-state index in [-0.39, 0.29) is 17.3 Å².